The molecule has 3 rings (SSSR count). The Morgan fingerprint density at radius 3 is 3.13 bits per heavy atom. The van der Waals surface area contributed by atoms with Crippen LogP contribution in [0.25, 0.3) is 0 Å². The van der Waals surface area contributed by atoms with Gasteiger partial charge in [-0.25, -0.2) is 4.98 Å². The standard InChI is InChI=1S/C16H21N5O2/c1-23-11-10-21-9-6-14(19-21)16(22)18-13-5-8-20(12-13)15-4-2-3-7-17-15/h2-4,6-7,9,13H,5,8,10-12H2,1H3,(H,18,22)/t13-/m1/s1. The number of amides is 1. The summed E-state index contributed by atoms with van der Waals surface area (Å²) >= 11 is 0. The van der Waals surface area contributed by atoms with Gasteiger partial charge in [-0.15, -0.1) is 0 Å². The minimum absolute atomic E-state index is 0.119. The topological polar surface area (TPSA) is 72.3 Å². The summed E-state index contributed by atoms with van der Waals surface area (Å²) in [6.07, 6.45) is 4.49. The molecule has 1 aliphatic rings. The number of hydrogen-bond donors (Lipinski definition) is 1. The predicted molar refractivity (Wildman–Crippen MR) is 86.4 cm³/mol. The molecule has 122 valence electrons. The molecule has 0 spiro atoms. The fraction of sp³-hybridized carbons (Fsp3) is 0.438. The van der Waals surface area contributed by atoms with E-state index in [9.17, 15) is 4.79 Å². The van der Waals surface area contributed by atoms with E-state index in [0.717, 1.165) is 25.3 Å². The number of carbonyl (C=O) groups excluding carboxylic acids is 1. The van der Waals surface area contributed by atoms with Crippen LogP contribution in [0.15, 0.2) is 36.7 Å². The van der Waals surface area contributed by atoms with E-state index >= 15 is 0 Å². The minimum atomic E-state index is -0.131. The molecule has 7 nitrogen and oxygen atoms in total. The van der Waals surface area contributed by atoms with E-state index in [1.54, 1.807) is 30.3 Å². The smallest absolute Gasteiger partial charge is 0.272 e. The van der Waals surface area contributed by atoms with Crippen molar-refractivity contribution in [3.05, 3.63) is 42.4 Å². The van der Waals surface area contributed by atoms with Crippen molar-refractivity contribution in [3.8, 4) is 0 Å². The van der Waals surface area contributed by atoms with Crippen LogP contribution in [-0.2, 0) is 11.3 Å². The molecule has 23 heavy (non-hydrogen) atoms. The number of aromatic nitrogens is 3. The normalized spacial score (nSPS) is 17.4. The van der Waals surface area contributed by atoms with Gasteiger partial charge in [-0.3, -0.25) is 9.48 Å². The summed E-state index contributed by atoms with van der Waals surface area (Å²) in [7, 11) is 1.64. The summed E-state index contributed by atoms with van der Waals surface area (Å²) in [5.41, 5.74) is 0.442. The van der Waals surface area contributed by atoms with Crippen molar-refractivity contribution < 1.29 is 9.53 Å². The first kappa shape index (κ1) is 15.5. The molecule has 0 unspecified atom stereocenters. The molecular weight excluding hydrogens is 294 g/mol. The molecule has 7 heteroatoms. The first-order chi connectivity index (χ1) is 11.3. The minimum Gasteiger partial charge on any atom is -0.383 e. The Bertz CT molecular complexity index is 643. The van der Waals surface area contributed by atoms with Gasteiger partial charge in [0, 0.05) is 38.6 Å². The van der Waals surface area contributed by atoms with Gasteiger partial charge in [0.2, 0.25) is 0 Å². The lowest BCUT2D eigenvalue weighted by Crippen LogP contribution is -2.37. The van der Waals surface area contributed by atoms with Crippen molar-refractivity contribution in [2.45, 2.75) is 19.0 Å². The molecule has 2 aromatic heterocycles. The van der Waals surface area contributed by atoms with Crippen molar-refractivity contribution in [3.63, 3.8) is 0 Å². The van der Waals surface area contributed by atoms with E-state index in [1.165, 1.54) is 0 Å². The highest BCUT2D eigenvalue weighted by atomic mass is 16.5. The fourth-order valence-electron chi connectivity index (χ4n) is 2.68. The van der Waals surface area contributed by atoms with Crippen molar-refractivity contribution in [2.75, 3.05) is 31.7 Å². The van der Waals surface area contributed by atoms with Crippen LogP contribution < -0.4 is 10.2 Å². The number of anilines is 1. The number of pyridine rings is 1. The van der Waals surface area contributed by atoms with Gasteiger partial charge in [-0.05, 0) is 24.6 Å². The number of ether oxygens (including phenoxy) is 1. The highest BCUT2D eigenvalue weighted by molar-refractivity contribution is 5.92. The molecule has 0 aromatic carbocycles. The van der Waals surface area contributed by atoms with Crippen LogP contribution in [0, 0.1) is 0 Å². The lowest BCUT2D eigenvalue weighted by Gasteiger charge is -2.17. The van der Waals surface area contributed by atoms with Gasteiger partial charge in [0.05, 0.1) is 13.2 Å². The molecule has 1 fully saturated rings. The summed E-state index contributed by atoms with van der Waals surface area (Å²) in [4.78, 5) is 18.8. The Labute approximate surface area is 135 Å². The Morgan fingerprint density at radius 1 is 1.43 bits per heavy atom. The number of carbonyl (C=O) groups is 1. The summed E-state index contributed by atoms with van der Waals surface area (Å²) in [5.74, 6) is 0.821. The third-order valence-electron chi connectivity index (χ3n) is 3.89. The van der Waals surface area contributed by atoms with E-state index < -0.39 is 0 Å². The second-order valence-corrected chi connectivity index (χ2v) is 5.55. The Hall–Kier alpha value is -2.41. The number of nitrogens with one attached hydrogen (secondary N) is 1. The van der Waals surface area contributed by atoms with Crippen LogP contribution in [0.3, 0.4) is 0 Å². The Morgan fingerprint density at radius 2 is 2.35 bits per heavy atom. The van der Waals surface area contributed by atoms with E-state index in [0.29, 0.717) is 18.8 Å². The zero-order chi connectivity index (χ0) is 16.1. The monoisotopic (exact) mass is 315 g/mol. The zero-order valence-corrected chi connectivity index (χ0v) is 13.2. The summed E-state index contributed by atoms with van der Waals surface area (Å²) in [6, 6.07) is 7.71. The average Bonchev–Trinajstić information content (AvgIpc) is 3.23. The lowest BCUT2D eigenvalue weighted by atomic mass is 10.2. The molecular formula is C16H21N5O2. The van der Waals surface area contributed by atoms with Crippen molar-refractivity contribution in [1.29, 1.82) is 0 Å². The molecule has 1 saturated heterocycles. The van der Waals surface area contributed by atoms with E-state index in [4.69, 9.17) is 4.74 Å². The third kappa shape index (κ3) is 3.87. The maximum atomic E-state index is 12.3. The Balaban J connectivity index is 1.53. The van der Waals surface area contributed by atoms with Crippen LogP contribution in [-0.4, -0.2) is 53.5 Å². The molecule has 2 aromatic rings. The van der Waals surface area contributed by atoms with Crippen LogP contribution in [0.5, 0.6) is 0 Å². The Kier molecular flexibility index (Phi) is 4.87. The van der Waals surface area contributed by atoms with E-state index in [2.05, 4.69) is 20.3 Å². The zero-order valence-electron chi connectivity index (χ0n) is 13.2. The summed E-state index contributed by atoms with van der Waals surface area (Å²) in [6.45, 7) is 2.88. The average molecular weight is 315 g/mol. The molecule has 0 aliphatic carbocycles. The molecule has 0 bridgehead atoms. The molecule has 0 saturated carbocycles. The number of hydrogen-bond acceptors (Lipinski definition) is 5. The van der Waals surface area contributed by atoms with Crippen LogP contribution in [0.4, 0.5) is 5.82 Å². The SMILES string of the molecule is COCCn1ccc(C(=O)N[C@@H]2CCN(c3ccccn3)C2)n1. The second-order valence-electron chi connectivity index (χ2n) is 5.55. The number of methoxy groups -OCH3 is 1. The van der Waals surface area contributed by atoms with Gasteiger partial charge in [0.25, 0.3) is 5.91 Å². The first-order valence-corrected chi connectivity index (χ1v) is 7.75. The molecule has 1 aliphatic heterocycles. The molecule has 1 amide bonds. The van der Waals surface area contributed by atoms with Crippen molar-refractivity contribution in [1.82, 2.24) is 20.1 Å². The first-order valence-electron chi connectivity index (χ1n) is 7.75. The van der Waals surface area contributed by atoms with Gasteiger partial charge >= 0.3 is 0 Å². The highest BCUT2D eigenvalue weighted by Gasteiger charge is 2.25. The maximum absolute atomic E-state index is 12.3. The van der Waals surface area contributed by atoms with Gasteiger partial charge in [-0.2, -0.15) is 5.10 Å². The molecule has 1 N–H and O–H groups in total. The quantitative estimate of drug-likeness (QED) is 0.859. The second kappa shape index (κ2) is 7.23. The number of rotatable bonds is 6. The van der Waals surface area contributed by atoms with Gasteiger partial charge in [0.1, 0.15) is 11.5 Å². The van der Waals surface area contributed by atoms with Gasteiger partial charge in [-0.1, -0.05) is 6.07 Å². The molecule has 0 radical (unpaired) electrons. The fourth-order valence-corrected chi connectivity index (χ4v) is 2.68. The molecule has 1 atom stereocenters. The van der Waals surface area contributed by atoms with Crippen LogP contribution in [0.1, 0.15) is 16.9 Å². The van der Waals surface area contributed by atoms with Crippen molar-refractivity contribution in [2.24, 2.45) is 0 Å². The maximum Gasteiger partial charge on any atom is 0.272 e. The van der Waals surface area contributed by atoms with Crippen molar-refractivity contribution >= 4 is 11.7 Å². The van der Waals surface area contributed by atoms with E-state index in [1.807, 2.05) is 18.2 Å². The van der Waals surface area contributed by atoms with Gasteiger partial charge < -0.3 is 15.0 Å². The van der Waals surface area contributed by atoms with E-state index in [-0.39, 0.29) is 11.9 Å². The lowest BCUT2D eigenvalue weighted by molar-refractivity contribution is 0.0934. The number of nitrogens with zero attached hydrogens (tertiary/aromatic N) is 4. The van der Waals surface area contributed by atoms with Gasteiger partial charge in [0.15, 0.2) is 0 Å². The largest absolute Gasteiger partial charge is 0.383 e. The van der Waals surface area contributed by atoms with Crippen LogP contribution in [0.2, 0.25) is 0 Å². The van der Waals surface area contributed by atoms with Crippen LogP contribution >= 0.6 is 0 Å². The highest BCUT2D eigenvalue weighted by Crippen LogP contribution is 2.17. The summed E-state index contributed by atoms with van der Waals surface area (Å²) < 4.78 is 6.72. The third-order valence-corrected chi connectivity index (χ3v) is 3.89. The predicted octanol–water partition coefficient (Wildman–Crippen LogP) is 0.933. The summed E-state index contributed by atoms with van der Waals surface area (Å²) in [5, 5.41) is 7.31. The molecule has 3 heterocycles.